The number of allylic oxidation sites excluding steroid dienone is 2. The van der Waals surface area contributed by atoms with Gasteiger partial charge in [-0.05, 0) is 19.4 Å². The van der Waals surface area contributed by atoms with Crippen LogP contribution >= 0.6 is 0 Å². The van der Waals surface area contributed by atoms with Crippen molar-refractivity contribution in [2.45, 2.75) is 66.2 Å². The molecule has 1 aromatic heterocycles. The normalized spacial score (nSPS) is 17.1. The molecule has 0 aliphatic carbocycles. The van der Waals surface area contributed by atoms with Gasteiger partial charge in [0.25, 0.3) is 0 Å². The van der Waals surface area contributed by atoms with Crippen LogP contribution in [0, 0.1) is 0 Å². The first-order chi connectivity index (χ1) is 13.6. The second-order valence-corrected chi connectivity index (χ2v) is 6.15. The Hall–Kier alpha value is -2.09. The fourth-order valence-electron chi connectivity index (χ4n) is 2.93. The van der Waals surface area contributed by atoms with Gasteiger partial charge in [0.2, 0.25) is 0 Å². The summed E-state index contributed by atoms with van der Waals surface area (Å²) in [4.78, 5) is 13.9. The minimum Gasteiger partial charge on any atom is -0.360 e. The first-order valence-corrected chi connectivity index (χ1v) is 10.1. The summed E-state index contributed by atoms with van der Waals surface area (Å²) in [6.07, 6.45) is 6.85. The Kier molecular flexibility index (Phi) is 11.2. The van der Waals surface area contributed by atoms with Crippen LogP contribution in [0.25, 0.3) is 0 Å². The number of aromatic nitrogens is 1. The zero-order valence-electron chi connectivity index (χ0n) is 18.0. The third-order valence-electron chi connectivity index (χ3n) is 4.38. The average Bonchev–Trinajstić information content (AvgIpc) is 2.94. The lowest BCUT2D eigenvalue weighted by Gasteiger charge is -2.24. The smallest absolute Gasteiger partial charge is 0.151 e. The van der Waals surface area contributed by atoms with Gasteiger partial charge in [0, 0.05) is 50.5 Å². The summed E-state index contributed by atoms with van der Waals surface area (Å²) < 4.78 is 5.44. The highest BCUT2D eigenvalue weighted by molar-refractivity contribution is 6.43. The van der Waals surface area contributed by atoms with Crippen molar-refractivity contribution < 1.29 is 4.74 Å². The maximum absolute atomic E-state index is 6.38. The number of nitrogens with zero attached hydrogens (tertiary/aromatic N) is 4. The number of hydrazine groups is 1. The number of anilines is 1. The number of hydrogen-bond acceptors (Lipinski definition) is 7. The molecule has 156 valence electrons. The number of methoxy groups -OCH3 is 1. The highest BCUT2D eigenvalue weighted by atomic mass is 16.5. The SMILES string of the molecule is C/C=C(/CC1=NCCC(OC)N=C1CCC)N(N)c1ncccc1CN.CC. The molecular formula is C21H36N6O. The summed E-state index contributed by atoms with van der Waals surface area (Å²) in [5, 5.41) is 1.60. The highest BCUT2D eigenvalue weighted by Gasteiger charge is 2.20. The number of pyridine rings is 1. The van der Waals surface area contributed by atoms with E-state index in [1.54, 1.807) is 18.3 Å². The van der Waals surface area contributed by atoms with Gasteiger partial charge in [-0.1, -0.05) is 39.3 Å². The van der Waals surface area contributed by atoms with E-state index in [1.165, 1.54) is 0 Å². The lowest BCUT2D eigenvalue weighted by Crippen LogP contribution is -2.34. The Morgan fingerprint density at radius 2 is 2.11 bits per heavy atom. The van der Waals surface area contributed by atoms with Crippen molar-refractivity contribution in [2.24, 2.45) is 21.6 Å². The Morgan fingerprint density at radius 1 is 1.36 bits per heavy atom. The Labute approximate surface area is 169 Å². The van der Waals surface area contributed by atoms with Crippen LogP contribution in [-0.4, -0.2) is 36.3 Å². The van der Waals surface area contributed by atoms with E-state index >= 15 is 0 Å². The van der Waals surface area contributed by atoms with Crippen molar-refractivity contribution in [1.82, 2.24) is 4.98 Å². The van der Waals surface area contributed by atoms with E-state index in [9.17, 15) is 0 Å². The summed E-state index contributed by atoms with van der Waals surface area (Å²) >= 11 is 0. The van der Waals surface area contributed by atoms with Crippen molar-refractivity contribution >= 4 is 17.2 Å². The molecular weight excluding hydrogens is 352 g/mol. The second-order valence-electron chi connectivity index (χ2n) is 6.15. The van der Waals surface area contributed by atoms with Crippen LogP contribution in [0.4, 0.5) is 5.82 Å². The van der Waals surface area contributed by atoms with Gasteiger partial charge >= 0.3 is 0 Å². The number of aliphatic imine (C=N–C) groups is 2. The molecule has 28 heavy (non-hydrogen) atoms. The van der Waals surface area contributed by atoms with Crippen molar-refractivity contribution in [2.75, 3.05) is 18.7 Å². The molecule has 0 aromatic carbocycles. The fourth-order valence-corrected chi connectivity index (χ4v) is 2.93. The first kappa shape index (κ1) is 23.9. The first-order valence-electron chi connectivity index (χ1n) is 10.1. The lowest BCUT2D eigenvalue weighted by molar-refractivity contribution is 0.106. The second kappa shape index (κ2) is 13.1. The number of ether oxygens (including phenoxy) is 1. The van der Waals surface area contributed by atoms with Crippen molar-refractivity contribution in [3.63, 3.8) is 0 Å². The van der Waals surface area contributed by atoms with Gasteiger partial charge in [-0.25, -0.2) is 10.8 Å². The number of rotatable bonds is 8. The Balaban J connectivity index is 0.00000190. The molecule has 0 fully saturated rings. The van der Waals surface area contributed by atoms with Crippen LogP contribution in [0.2, 0.25) is 0 Å². The molecule has 1 aliphatic rings. The maximum atomic E-state index is 6.38. The quantitative estimate of drug-likeness (QED) is 0.523. The molecule has 1 unspecified atom stereocenters. The molecule has 1 atom stereocenters. The van der Waals surface area contributed by atoms with Gasteiger partial charge in [-0.2, -0.15) is 0 Å². The zero-order valence-corrected chi connectivity index (χ0v) is 18.0. The molecule has 0 saturated heterocycles. The van der Waals surface area contributed by atoms with E-state index in [0.717, 1.165) is 41.9 Å². The van der Waals surface area contributed by atoms with Gasteiger partial charge in [0.1, 0.15) is 6.23 Å². The highest BCUT2D eigenvalue weighted by Crippen LogP contribution is 2.21. The fraction of sp³-hybridized carbons (Fsp3) is 0.571. The molecule has 1 aliphatic heterocycles. The van der Waals surface area contributed by atoms with Crippen LogP contribution in [-0.2, 0) is 11.3 Å². The van der Waals surface area contributed by atoms with Gasteiger partial charge in [-0.3, -0.25) is 15.0 Å². The third-order valence-corrected chi connectivity index (χ3v) is 4.38. The largest absolute Gasteiger partial charge is 0.360 e. The third kappa shape index (κ3) is 6.51. The van der Waals surface area contributed by atoms with Crippen LogP contribution in [0.15, 0.2) is 40.1 Å². The van der Waals surface area contributed by atoms with Crippen molar-refractivity contribution in [3.8, 4) is 0 Å². The molecule has 7 heteroatoms. The molecule has 0 radical (unpaired) electrons. The van der Waals surface area contributed by atoms with E-state index < -0.39 is 0 Å². The number of hydrogen-bond donors (Lipinski definition) is 2. The lowest BCUT2D eigenvalue weighted by atomic mass is 10.0. The standard InChI is InChI=1S/C19H30N6O.C2H6/c1-4-7-16-17(22-11-9-18(24-16)26-3)12-15(5-2)25(21)19-14(13-20)8-6-10-23-19;1-2/h5-6,8,10,18H,4,7,9,11-13,20-21H2,1-3H3;1-2H3/b15-5-;. The maximum Gasteiger partial charge on any atom is 0.151 e. The van der Waals surface area contributed by atoms with E-state index in [1.807, 2.05) is 39.0 Å². The van der Waals surface area contributed by atoms with Crippen molar-refractivity contribution in [1.29, 1.82) is 0 Å². The molecule has 7 nitrogen and oxygen atoms in total. The molecule has 0 spiro atoms. The topological polar surface area (TPSA) is 102 Å². The predicted octanol–water partition coefficient (Wildman–Crippen LogP) is 3.60. The Morgan fingerprint density at radius 3 is 2.71 bits per heavy atom. The Bertz CT molecular complexity index is 683. The van der Waals surface area contributed by atoms with E-state index in [-0.39, 0.29) is 6.23 Å². The van der Waals surface area contributed by atoms with E-state index in [0.29, 0.717) is 25.3 Å². The van der Waals surface area contributed by atoms with E-state index in [2.05, 4.69) is 11.9 Å². The minimum atomic E-state index is -0.125. The monoisotopic (exact) mass is 388 g/mol. The molecule has 1 aromatic rings. The van der Waals surface area contributed by atoms with Crippen LogP contribution in [0.5, 0.6) is 0 Å². The summed E-state index contributed by atoms with van der Waals surface area (Å²) in [5.74, 6) is 7.05. The summed E-state index contributed by atoms with van der Waals surface area (Å²) in [6, 6.07) is 3.80. The van der Waals surface area contributed by atoms with Gasteiger partial charge in [-0.15, -0.1) is 0 Å². The molecule has 0 bridgehead atoms. The molecule has 4 N–H and O–H groups in total. The van der Waals surface area contributed by atoms with Crippen LogP contribution < -0.4 is 16.6 Å². The molecule has 2 rings (SSSR count). The summed E-state index contributed by atoms with van der Waals surface area (Å²) in [7, 11) is 1.69. The van der Waals surface area contributed by atoms with Gasteiger partial charge in [0.15, 0.2) is 5.82 Å². The van der Waals surface area contributed by atoms with Crippen LogP contribution in [0.1, 0.15) is 58.9 Å². The van der Waals surface area contributed by atoms with Gasteiger partial charge in [0.05, 0.1) is 11.4 Å². The molecule has 0 saturated carbocycles. The van der Waals surface area contributed by atoms with Crippen LogP contribution in [0.3, 0.4) is 0 Å². The molecule has 2 heterocycles. The van der Waals surface area contributed by atoms with E-state index in [4.69, 9.17) is 26.3 Å². The number of nitrogens with two attached hydrogens (primary N) is 2. The summed E-state index contributed by atoms with van der Waals surface area (Å²) in [6.45, 7) is 9.18. The average molecular weight is 389 g/mol. The summed E-state index contributed by atoms with van der Waals surface area (Å²) in [5.41, 5.74) is 9.62. The van der Waals surface area contributed by atoms with Crippen molar-refractivity contribution in [3.05, 3.63) is 35.7 Å². The predicted molar refractivity (Wildman–Crippen MR) is 119 cm³/mol. The molecule has 0 amide bonds. The van der Waals surface area contributed by atoms with Gasteiger partial charge < -0.3 is 10.5 Å². The minimum absolute atomic E-state index is 0.125. The zero-order chi connectivity index (χ0) is 20.9.